The number of benzene rings is 2. The lowest BCUT2D eigenvalue weighted by molar-refractivity contribution is 0.288. The molecule has 2 aromatic carbocycles. The highest BCUT2D eigenvalue weighted by Gasteiger charge is 2.20. The first-order chi connectivity index (χ1) is 12.6. The van der Waals surface area contributed by atoms with Crippen molar-refractivity contribution in [2.75, 3.05) is 13.7 Å². The maximum absolute atomic E-state index is 13.0. The summed E-state index contributed by atoms with van der Waals surface area (Å²) in [7, 11) is -2.16. The molecule has 1 N–H and O–H groups in total. The number of aliphatic hydroxyl groups excluding tert-OH is 1. The molecule has 0 unspecified atom stereocenters. The average molecular weight is 371 g/mol. The minimum Gasteiger partial charge on any atom is -0.497 e. The summed E-state index contributed by atoms with van der Waals surface area (Å²) in [5, 5.41) is 9.15. The molecule has 0 fully saturated rings. The van der Waals surface area contributed by atoms with Gasteiger partial charge in [-0.2, -0.15) is 0 Å². The van der Waals surface area contributed by atoms with Crippen LogP contribution in [-0.2, 0) is 16.4 Å². The normalized spacial score (nSPS) is 11.5. The first kappa shape index (κ1) is 18.2. The third-order valence-electron chi connectivity index (χ3n) is 4.21. The summed E-state index contributed by atoms with van der Waals surface area (Å²) in [6.45, 7) is 0.0602. The second kappa shape index (κ2) is 7.76. The Labute approximate surface area is 153 Å². The van der Waals surface area contributed by atoms with E-state index in [0.717, 1.165) is 16.7 Å². The first-order valence-electron chi connectivity index (χ1n) is 8.33. The van der Waals surface area contributed by atoms with E-state index in [9.17, 15) is 8.42 Å². The number of methoxy groups -OCH3 is 1. The van der Waals surface area contributed by atoms with Crippen LogP contribution in [0.15, 0.2) is 71.9 Å². The van der Waals surface area contributed by atoms with Crippen LogP contribution in [0, 0.1) is 0 Å². The van der Waals surface area contributed by atoms with Gasteiger partial charge in [0.2, 0.25) is 0 Å². The molecule has 0 amide bonds. The molecule has 1 aromatic heterocycles. The average Bonchev–Trinajstić information content (AvgIpc) is 3.12. The zero-order valence-corrected chi connectivity index (χ0v) is 15.3. The molecule has 26 heavy (non-hydrogen) atoms. The maximum atomic E-state index is 13.0. The molecule has 0 spiro atoms. The number of hydrogen-bond acceptors (Lipinski definition) is 4. The van der Waals surface area contributed by atoms with E-state index < -0.39 is 10.0 Å². The smallest absolute Gasteiger partial charge is 0.267 e. The largest absolute Gasteiger partial charge is 0.497 e. The minimum atomic E-state index is -3.70. The molecule has 0 aliphatic rings. The quantitative estimate of drug-likeness (QED) is 0.692. The second-order valence-corrected chi connectivity index (χ2v) is 7.74. The third-order valence-corrected chi connectivity index (χ3v) is 5.84. The summed E-state index contributed by atoms with van der Waals surface area (Å²) in [6.07, 6.45) is 4.46. The number of ether oxygens (including phenoxy) is 1. The Morgan fingerprint density at radius 1 is 1.00 bits per heavy atom. The molecule has 0 radical (unpaired) electrons. The molecule has 5 nitrogen and oxygen atoms in total. The maximum Gasteiger partial charge on any atom is 0.267 e. The van der Waals surface area contributed by atoms with Crippen molar-refractivity contribution in [1.29, 1.82) is 0 Å². The van der Waals surface area contributed by atoms with Gasteiger partial charge in [0.05, 0.1) is 12.0 Å². The fourth-order valence-electron chi connectivity index (χ4n) is 2.83. The predicted molar refractivity (Wildman–Crippen MR) is 101 cm³/mol. The van der Waals surface area contributed by atoms with Crippen LogP contribution in [0.3, 0.4) is 0 Å². The molecule has 0 bridgehead atoms. The van der Waals surface area contributed by atoms with Crippen LogP contribution in [0.2, 0.25) is 0 Å². The number of aromatic nitrogens is 1. The predicted octanol–water partition coefficient (Wildman–Crippen LogP) is 3.33. The number of hydrogen-bond donors (Lipinski definition) is 1. The topological polar surface area (TPSA) is 68.5 Å². The Morgan fingerprint density at radius 3 is 2.31 bits per heavy atom. The van der Waals surface area contributed by atoms with Gasteiger partial charge in [-0.25, -0.2) is 12.4 Å². The summed E-state index contributed by atoms with van der Waals surface area (Å²) < 4.78 is 32.3. The summed E-state index contributed by atoms with van der Waals surface area (Å²) in [4.78, 5) is 0.196. The summed E-state index contributed by atoms with van der Waals surface area (Å²) in [6, 6.07) is 16.0. The molecule has 0 atom stereocenters. The SMILES string of the molecule is COc1ccc(S(=O)(=O)n2cc(CCCO)c(-c3ccccc3)c2)cc1. The molecule has 3 aromatic rings. The Bertz CT molecular complexity index is 961. The molecule has 0 saturated carbocycles. The van der Waals surface area contributed by atoms with E-state index in [0.29, 0.717) is 18.6 Å². The highest BCUT2D eigenvalue weighted by Crippen LogP contribution is 2.28. The molecule has 0 aliphatic heterocycles. The zero-order chi connectivity index (χ0) is 18.6. The minimum absolute atomic E-state index is 0.0602. The van der Waals surface area contributed by atoms with E-state index in [-0.39, 0.29) is 11.5 Å². The fourth-order valence-corrected chi connectivity index (χ4v) is 4.06. The Hall–Kier alpha value is -2.57. The highest BCUT2D eigenvalue weighted by atomic mass is 32.2. The van der Waals surface area contributed by atoms with Gasteiger partial charge in [0.1, 0.15) is 5.75 Å². The molecule has 6 heteroatoms. The molecule has 3 rings (SSSR count). The van der Waals surface area contributed by atoms with E-state index in [4.69, 9.17) is 9.84 Å². The van der Waals surface area contributed by atoms with Crippen LogP contribution in [0.1, 0.15) is 12.0 Å². The van der Waals surface area contributed by atoms with Crippen LogP contribution in [0.5, 0.6) is 5.75 Å². The first-order valence-corrected chi connectivity index (χ1v) is 9.77. The van der Waals surface area contributed by atoms with Gasteiger partial charge in [-0.3, -0.25) is 0 Å². The van der Waals surface area contributed by atoms with E-state index in [1.165, 1.54) is 23.2 Å². The fraction of sp³-hybridized carbons (Fsp3) is 0.200. The molecule has 0 aliphatic carbocycles. The van der Waals surface area contributed by atoms with E-state index in [2.05, 4.69) is 0 Å². The molecule has 0 saturated heterocycles. The lowest BCUT2D eigenvalue weighted by atomic mass is 10.0. The van der Waals surface area contributed by atoms with Gasteiger partial charge < -0.3 is 9.84 Å². The van der Waals surface area contributed by atoms with Gasteiger partial charge >= 0.3 is 0 Å². The van der Waals surface area contributed by atoms with Crippen LogP contribution < -0.4 is 4.74 Å². The van der Waals surface area contributed by atoms with E-state index >= 15 is 0 Å². The summed E-state index contributed by atoms with van der Waals surface area (Å²) >= 11 is 0. The van der Waals surface area contributed by atoms with Gasteiger partial charge in [-0.15, -0.1) is 0 Å². The Balaban J connectivity index is 2.05. The van der Waals surface area contributed by atoms with Crippen molar-refractivity contribution in [3.05, 3.63) is 72.6 Å². The zero-order valence-electron chi connectivity index (χ0n) is 14.5. The summed E-state index contributed by atoms with van der Waals surface area (Å²) in [5.74, 6) is 0.602. The monoisotopic (exact) mass is 371 g/mol. The lowest BCUT2D eigenvalue weighted by Gasteiger charge is -2.06. The van der Waals surface area contributed by atoms with Crippen LogP contribution >= 0.6 is 0 Å². The number of aliphatic hydroxyl groups is 1. The highest BCUT2D eigenvalue weighted by molar-refractivity contribution is 7.90. The molecular formula is C20H21NO4S. The standard InChI is InChI=1S/C20H21NO4S/c1-25-18-9-11-19(12-10-18)26(23,24)21-14-17(8-5-13-22)20(15-21)16-6-3-2-4-7-16/h2-4,6-7,9-12,14-15,22H,5,8,13H2,1H3. The van der Waals surface area contributed by atoms with E-state index in [1.54, 1.807) is 24.5 Å². The third kappa shape index (κ3) is 3.66. The van der Waals surface area contributed by atoms with Crippen LogP contribution in [-0.4, -0.2) is 31.2 Å². The lowest BCUT2D eigenvalue weighted by Crippen LogP contribution is -2.10. The number of aryl methyl sites for hydroxylation is 1. The molecule has 136 valence electrons. The van der Waals surface area contributed by atoms with Gasteiger partial charge in [0.15, 0.2) is 0 Å². The molecular weight excluding hydrogens is 350 g/mol. The van der Waals surface area contributed by atoms with Crippen LogP contribution in [0.25, 0.3) is 11.1 Å². The van der Waals surface area contributed by atoms with Gasteiger partial charge in [0, 0.05) is 24.6 Å². The van der Waals surface area contributed by atoms with Gasteiger partial charge in [-0.1, -0.05) is 30.3 Å². The Morgan fingerprint density at radius 2 is 1.69 bits per heavy atom. The van der Waals surface area contributed by atoms with Crippen molar-refractivity contribution < 1.29 is 18.3 Å². The van der Waals surface area contributed by atoms with Gasteiger partial charge in [-0.05, 0) is 48.2 Å². The Kier molecular flexibility index (Phi) is 5.44. The summed E-state index contributed by atoms with van der Waals surface area (Å²) in [5.41, 5.74) is 2.70. The number of nitrogens with zero attached hydrogens (tertiary/aromatic N) is 1. The van der Waals surface area contributed by atoms with Crippen LogP contribution in [0.4, 0.5) is 0 Å². The van der Waals surface area contributed by atoms with E-state index in [1.807, 2.05) is 30.3 Å². The van der Waals surface area contributed by atoms with Crippen molar-refractivity contribution in [3.63, 3.8) is 0 Å². The van der Waals surface area contributed by atoms with Crippen molar-refractivity contribution >= 4 is 10.0 Å². The number of rotatable bonds is 7. The van der Waals surface area contributed by atoms with Crippen molar-refractivity contribution in [1.82, 2.24) is 3.97 Å². The van der Waals surface area contributed by atoms with Crippen molar-refractivity contribution in [2.45, 2.75) is 17.7 Å². The van der Waals surface area contributed by atoms with Crippen molar-refractivity contribution in [3.8, 4) is 16.9 Å². The second-order valence-electron chi connectivity index (χ2n) is 5.90. The molecule has 1 heterocycles. The van der Waals surface area contributed by atoms with Crippen molar-refractivity contribution in [2.24, 2.45) is 0 Å². The van der Waals surface area contributed by atoms with Gasteiger partial charge in [0.25, 0.3) is 10.0 Å².